The second kappa shape index (κ2) is 3.29. The lowest BCUT2D eigenvalue weighted by Gasteiger charge is -2.07. The van der Waals surface area contributed by atoms with Crippen LogP contribution >= 0.6 is 22.6 Å². The number of phenolic OH excluding ortho intramolecular Hbond substituents is 1. The second-order valence-electron chi connectivity index (χ2n) is 3.22. The van der Waals surface area contributed by atoms with Crippen molar-refractivity contribution in [1.29, 1.82) is 0 Å². The summed E-state index contributed by atoms with van der Waals surface area (Å²) in [6, 6.07) is 1.76. The molecule has 1 aliphatic carbocycles. The van der Waals surface area contributed by atoms with Gasteiger partial charge < -0.3 is 5.11 Å². The van der Waals surface area contributed by atoms with E-state index in [1.165, 1.54) is 0 Å². The fourth-order valence-electron chi connectivity index (χ4n) is 1.86. The van der Waals surface area contributed by atoms with E-state index in [-0.39, 0.29) is 0 Å². The molecule has 0 unspecified atom stereocenters. The summed E-state index contributed by atoms with van der Waals surface area (Å²) in [6.07, 6.45) is 3.75. The van der Waals surface area contributed by atoms with Gasteiger partial charge in [-0.05, 0) is 59.0 Å². The summed E-state index contributed by atoms with van der Waals surface area (Å²) in [5, 5.41) is 9.71. The molecule has 1 aliphatic rings. The number of aromatic hydroxyl groups is 1. The van der Waals surface area contributed by atoms with Gasteiger partial charge in [0.05, 0.1) is 3.57 Å². The second-order valence-corrected chi connectivity index (χ2v) is 4.39. The Bertz CT molecular complexity index is 372. The van der Waals surface area contributed by atoms with E-state index in [1.54, 1.807) is 6.07 Å². The zero-order chi connectivity index (χ0) is 9.42. The maximum Gasteiger partial charge on any atom is 0.150 e. The number of halogens is 1. The molecule has 1 N–H and O–H groups in total. The van der Waals surface area contributed by atoms with E-state index in [0.717, 1.165) is 45.8 Å². The number of carbonyl (C=O) groups excluding carboxylic acids is 1. The predicted molar refractivity (Wildman–Crippen MR) is 58.2 cm³/mol. The van der Waals surface area contributed by atoms with Gasteiger partial charge >= 0.3 is 0 Å². The first-order valence-corrected chi connectivity index (χ1v) is 5.30. The van der Waals surface area contributed by atoms with Crippen molar-refractivity contribution in [3.05, 3.63) is 26.3 Å². The summed E-state index contributed by atoms with van der Waals surface area (Å²) in [4.78, 5) is 10.7. The molecule has 0 saturated heterocycles. The van der Waals surface area contributed by atoms with Crippen molar-refractivity contribution in [2.24, 2.45) is 0 Å². The van der Waals surface area contributed by atoms with Gasteiger partial charge in [-0.2, -0.15) is 0 Å². The minimum atomic E-state index is 0.374. The lowest BCUT2D eigenvalue weighted by atomic mass is 10.0. The highest BCUT2D eigenvalue weighted by Gasteiger charge is 2.20. The van der Waals surface area contributed by atoms with Crippen LogP contribution in [0.5, 0.6) is 5.75 Å². The normalized spacial score (nSPS) is 14.2. The van der Waals surface area contributed by atoms with Gasteiger partial charge in [0.25, 0.3) is 0 Å². The van der Waals surface area contributed by atoms with Gasteiger partial charge in [0, 0.05) is 5.56 Å². The van der Waals surface area contributed by atoms with Gasteiger partial charge in [-0.25, -0.2) is 0 Å². The third-order valence-electron chi connectivity index (χ3n) is 2.49. The van der Waals surface area contributed by atoms with Crippen molar-refractivity contribution in [3.63, 3.8) is 0 Å². The van der Waals surface area contributed by atoms with Crippen LogP contribution in [0.15, 0.2) is 6.07 Å². The SMILES string of the molecule is O=Cc1cc(I)c(O)c2c1CCC2. The molecule has 0 aromatic heterocycles. The molecular weight excluding hydrogens is 279 g/mol. The maximum atomic E-state index is 10.7. The molecule has 1 aromatic carbocycles. The fraction of sp³-hybridized carbons (Fsp3) is 0.300. The molecule has 13 heavy (non-hydrogen) atoms. The van der Waals surface area contributed by atoms with Crippen LogP contribution in [0.4, 0.5) is 0 Å². The van der Waals surface area contributed by atoms with Crippen molar-refractivity contribution >= 4 is 28.9 Å². The first kappa shape index (κ1) is 8.99. The molecule has 0 atom stereocenters. The van der Waals surface area contributed by atoms with Crippen molar-refractivity contribution in [3.8, 4) is 5.75 Å². The van der Waals surface area contributed by atoms with E-state index in [4.69, 9.17) is 0 Å². The maximum absolute atomic E-state index is 10.7. The number of fused-ring (bicyclic) bond motifs is 1. The highest BCUT2D eigenvalue weighted by molar-refractivity contribution is 14.1. The van der Waals surface area contributed by atoms with E-state index >= 15 is 0 Å². The summed E-state index contributed by atoms with van der Waals surface area (Å²) in [7, 11) is 0. The number of phenols is 1. The third-order valence-corrected chi connectivity index (χ3v) is 3.31. The van der Waals surface area contributed by atoms with Gasteiger partial charge in [0.1, 0.15) is 12.0 Å². The number of hydrogen-bond donors (Lipinski definition) is 1. The number of hydrogen-bond acceptors (Lipinski definition) is 2. The molecule has 0 fully saturated rings. The van der Waals surface area contributed by atoms with Crippen LogP contribution in [0.1, 0.15) is 27.9 Å². The zero-order valence-corrected chi connectivity index (χ0v) is 9.17. The largest absolute Gasteiger partial charge is 0.507 e. The number of aldehydes is 1. The minimum Gasteiger partial charge on any atom is -0.507 e. The summed E-state index contributed by atoms with van der Waals surface area (Å²) in [5.74, 6) is 0.374. The molecule has 0 heterocycles. The molecule has 0 radical (unpaired) electrons. The first-order valence-electron chi connectivity index (χ1n) is 4.22. The monoisotopic (exact) mass is 288 g/mol. The van der Waals surface area contributed by atoms with Crippen molar-refractivity contribution in [2.45, 2.75) is 19.3 Å². The molecule has 2 rings (SSSR count). The lowest BCUT2D eigenvalue weighted by molar-refractivity contribution is 0.112. The standard InChI is InChI=1S/C10H9IO2/c11-9-4-6(5-12)7-2-1-3-8(7)10(9)13/h4-5,13H,1-3H2. The Morgan fingerprint density at radius 1 is 1.38 bits per heavy atom. The van der Waals surface area contributed by atoms with Gasteiger partial charge in [-0.1, -0.05) is 0 Å². The topological polar surface area (TPSA) is 37.3 Å². The lowest BCUT2D eigenvalue weighted by Crippen LogP contribution is -1.94. The van der Waals surface area contributed by atoms with Gasteiger partial charge in [-0.15, -0.1) is 0 Å². The van der Waals surface area contributed by atoms with Gasteiger partial charge in [0.15, 0.2) is 0 Å². The Morgan fingerprint density at radius 3 is 2.77 bits per heavy atom. The molecule has 68 valence electrons. The smallest absolute Gasteiger partial charge is 0.150 e. The first-order chi connectivity index (χ1) is 6.24. The van der Waals surface area contributed by atoms with Crippen molar-refractivity contribution < 1.29 is 9.90 Å². The molecule has 3 heteroatoms. The van der Waals surface area contributed by atoms with E-state index in [0.29, 0.717) is 5.75 Å². The average Bonchev–Trinajstić information content (AvgIpc) is 2.60. The van der Waals surface area contributed by atoms with Crippen LogP contribution < -0.4 is 0 Å². The average molecular weight is 288 g/mol. The molecule has 2 nitrogen and oxygen atoms in total. The van der Waals surface area contributed by atoms with E-state index in [1.807, 2.05) is 0 Å². The molecule has 0 spiro atoms. The van der Waals surface area contributed by atoms with E-state index < -0.39 is 0 Å². The summed E-state index contributed by atoms with van der Waals surface area (Å²) in [5.41, 5.74) is 2.77. The number of rotatable bonds is 1. The molecule has 0 aliphatic heterocycles. The Hall–Kier alpha value is -0.580. The van der Waals surface area contributed by atoms with Crippen LogP contribution in [-0.2, 0) is 12.8 Å². The van der Waals surface area contributed by atoms with Gasteiger partial charge in [-0.3, -0.25) is 4.79 Å². The summed E-state index contributed by atoms with van der Waals surface area (Å²) >= 11 is 2.06. The van der Waals surface area contributed by atoms with Crippen LogP contribution in [0.25, 0.3) is 0 Å². The summed E-state index contributed by atoms with van der Waals surface area (Å²) < 4.78 is 0.778. The van der Waals surface area contributed by atoms with Crippen molar-refractivity contribution in [2.75, 3.05) is 0 Å². The Morgan fingerprint density at radius 2 is 2.08 bits per heavy atom. The Balaban J connectivity index is 2.70. The number of carbonyl (C=O) groups is 1. The summed E-state index contributed by atoms with van der Waals surface area (Å²) in [6.45, 7) is 0. The van der Waals surface area contributed by atoms with Crippen LogP contribution in [0, 0.1) is 3.57 Å². The Labute approximate surface area is 90.1 Å². The molecule has 1 aromatic rings. The molecule has 0 saturated carbocycles. The zero-order valence-electron chi connectivity index (χ0n) is 7.01. The quantitative estimate of drug-likeness (QED) is 0.636. The van der Waals surface area contributed by atoms with E-state index in [9.17, 15) is 9.90 Å². The highest BCUT2D eigenvalue weighted by atomic mass is 127. The molecular formula is C10H9IO2. The Kier molecular flexibility index (Phi) is 2.27. The van der Waals surface area contributed by atoms with Crippen LogP contribution in [-0.4, -0.2) is 11.4 Å². The molecule has 0 bridgehead atoms. The van der Waals surface area contributed by atoms with Crippen LogP contribution in [0.2, 0.25) is 0 Å². The van der Waals surface area contributed by atoms with Crippen LogP contribution in [0.3, 0.4) is 0 Å². The highest BCUT2D eigenvalue weighted by Crippen LogP contribution is 2.35. The predicted octanol–water partition coefficient (Wildman–Crippen LogP) is 2.30. The molecule has 0 amide bonds. The van der Waals surface area contributed by atoms with E-state index in [2.05, 4.69) is 22.6 Å². The van der Waals surface area contributed by atoms with Crippen molar-refractivity contribution in [1.82, 2.24) is 0 Å². The minimum absolute atomic E-state index is 0.374. The fourth-order valence-corrected chi connectivity index (χ4v) is 2.53. The number of benzene rings is 1. The third kappa shape index (κ3) is 1.35. The van der Waals surface area contributed by atoms with Gasteiger partial charge in [0.2, 0.25) is 0 Å².